The number of nitrogens with zero attached hydrogens (tertiary/aromatic N) is 1. The summed E-state index contributed by atoms with van der Waals surface area (Å²) in [6.45, 7) is 4.87. The van der Waals surface area contributed by atoms with Gasteiger partial charge in [-0.05, 0) is 147 Å². The second-order valence-electron chi connectivity index (χ2n) is 18.7. The lowest BCUT2D eigenvalue weighted by atomic mass is 9.78. The van der Waals surface area contributed by atoms with Crippen LogP contribution in [0.25, 0.3) is 44.5 Å². The van der Waals surface area contributed by atoms with Crippen molar-refractivity contribution in [1.82, 2.24) is 0 Å². The normalized spacial score (nSPS) is 20.3. The zero-order valence-corrected chi connectivity index (χ0v) is 34.7. The molecule has 0 heterocycles. The topological polar surface area (TPSA) is 3.24 Å². The summed E-state index contributed by atoms with van der Waals surface area (Å²) in [5.41, 5.74) is 19.8. The van der Waals surface area contributed by atoms with Crippen LogP contribution in [0.1, 0.15) is 106 Å². The molecule has 0 aromatic heterocycles. The molecule has 3 fully saturated rings. The van der Waals surface area contributed by atoms with E-state index < -0.39 is 0 Å². The van der Waals surface area contributed by atoms with Crippen LogP contribution in [-0.2, 0) is 5.41 Å². The van der Waals surface area contributed by atoms with Crippen molar-refractivity contribution in [3.8, 4) is 44.5 Å². The number of hydrogen-bond acceptors (Lipinski definition) is 1. The van der Waals surface area contributed by atoms with Crippen molar-refractivity contribution in [2.24, 2.45) is 11.8 Å². The van der Waals surface area contributed by atoms with Gasteiger partial charge in [0.15, 0.2) is 0 Å². The van der Waals surface area contributed by atoms with Gasteiger partial charge in [0.1, 0.15) is 0 Å². The molecule has 4 aliphatic carbocycles. The van der Waals surface area contributed by atoms with Crippen LogP contribution in [0.5, 0.6) is 0 Å². The Morgan fingerprint density at radius 3 is 1.90 bits per heavy atom. The summed E-state index contributed by atoms with van der Waals surface area (Å²) < 4.78 is 0. The van der Waals surface area contributed by atoms with Gasteiger partial charge in [-0.2, -0.15) is 0 Å². The van der Waals surface area contributed by atoms with Crippen LogP contribution in [-0.4, -0.2) is 0 Å². The molecule has 1 nitrogen and oxygen atoms in total. The van der Waals surface area contributed by atoms with E-state index in [-0.39, 0.29) is 5.41 Å². The molecule has 3 unspecified atom stereocenters. The highest BCUT2D eigenvalue weighted by atomic mass is 15.1. The molecule has 0 amide bonds. The highest BCUT2D eigenvalue weighted by Crippen LogP contribution is 2.56. The summed E-state index contributed by atoms with van der Waals surface area (Å²) >= 11 is 0. The fourth-order valence-corrected chi connectivity index (χ4v) is 12.1. The maximum atomic E-state index is 2.57. The van der Waals surface area contributed by atoms with E-state index in [9.17, 15) is 0 Å². The van der Waals surface area contributed by atoms with Crippen molar-refractivity contribution in [2.45, 2.75) is 88.9 Å². The van der Waals surface area contributed by atoms with Gasteiger partial charge in [0.05, 0.1) is 5.69 Å². The van der Waals surface area contributed by atoms with Gasteiger partial charge in [-0.15, -0.1) is 0 Å². The third-order valence-corrected chi connectivity index (χ3v) is 15.0. The molecule has 0 radical (unpaired) electrons. The number of benzene rings is 7. The third kappa shape index (κ3) is 6.37. The van der Waals surface area contributed by atoms with Gasteiger partial charge >= 0.3 is 0 Å². The van der Waals surface area contributed by atoms with Crippen LogP contribution in [0.2, 0.25) is 0 Å². The van der Waals surface area contributed by atoms with Gasteiger partial charge < -0.3 is 4.90 Å². The van der Waals surface area contributed by atoms with E-state index >= 15 is 0 Å². The van der Waals surface area contributed by atoms with E-state index in [4.69, 9.17) is 0 Å². The molecule has 3 saturated carbocycles. The van der Waals surface area contributed by atoms with E-state index in [2.05, 4.69) is 183 Å². The predicted octanol–water partition coefficient (Wildman–Crippen LogP) is 16.4. The summed E-state index contributed by atoms with van der Waals surface area (Å²) in [7, 11) is 0. The Hall–Kier alpha value is -5.66. The molecule has 0 spiro atoms. The molecular formula is C58H55N. The average Bonchev–Trinajstić information content (AvgIpc) is 4.00. The highest BCUT2D eigenvalue weighted by molar-refractivity contribution is 5.93. The van der Waals surface area contributed by atoms with Crippen LogP contribution in [0.3, 0.4) is 0 Å². The Bertz CT molecular complexity index is 2630. The van der Waals surface area contributed by atoms with Crippen LogP contribution < -0.4 is 4.90 Å². The van der Waals surface area contributed by atoms with E-state index in [0.29, 0.717) is 11.8 Å². The van der Waals surface area contributed by atoms with Gasteiger partial charge in [-0.25, -0.2) is 0 Å². The smallest absolute Gasteiger partial charge is 0.0540 e. The van der Waals surface area contributed by atoms with Crippen molar-refractivity contribution < 1.29 is 0 Å². The Labute approximate surface area is 351 Å². The van der Waals surface area contributed by atoms with Gasteiger partial charge in [0.2, 0.25) is 0 Å². The number of hydrogen-bond donors (Lipinski definition) is 0. The average molecular weight is 766 g/mol. The SMILES string of the molecule is CC1(C)c2cc(N(c3ccc(C4CC5CCC4C5)cc3)c3ccccc3-c3ccccc3C3CCCCC3)ccc2-c2cccc(-c3ccc(-c4ccccc4)cc3)c21. The summed E-state index contributed by atoms with van der Waals surface area (Å²) in [5.74, 6) is 3.14. The number of anilines is 3. The Kier molecular flexibility index (Phi) is 9.18. The van der Waals surface area contributed by atoms with Crippen LogP contribution in [0, 0.1) is 11.8 Å². The standard InChI is InChI=1S/C58H55N/c1-58(2)55-38-47(34-35-51(55)53-22-13-21-49(57(53)58)43-28-26-41(27-29-43)40-14-5-3-6-15-40)59(46-32-30-44(31-33-46)54-37-39-24-25-45(54)36-39)56-23-12-11-20-52(56)50-19-10-9-18-48(50)42-16-7-4-8-17-42/h3,5-6,9-15,18-23,26-35,38-39,42,45,54H,4,7-8,16-17,24-25,36-37H2,1-2H3. The fraction of sp³-hybridized carbons (Fsp3) is 0.276. The number of rotatable bonds is 8. The molecular weight excluding hydrogens is 711 g/mol. The summed E-state index contributed by atoms with van der Waals surface area (Å²) in [5, 5.41) is 0. The zero-order valence-electron chi connectivity index (χ0n) is 34.7. The summed E-state index contributed by atoms with van der Waals surface area (Å²) in [4.78, 5) is 2.57. The lowest BCUT2D eigenvalue weighted by Crippen LogP contribution is -2.18. The molecule has 11 rings (SSSR count). The molecule has 7 aromatic rings. The van der Waals surface area contributed by atoms with E-state index in [1.165, 1.54) is 142 Å². The van der Waals surface area contributed by atoms with Crippen LogP contribution in [0.4, 0.5) is 17.1 Å². The lowest BCUT2D eigenvalue weighted by molar-refractivity contribution is 0.420. The minimum Gasteiger partial charge on any atom is -0.310 e. The summed E-state index contributed by atoms with van der Waals surface area (Å²) in [6.07, 6.45) is 12.2. The van der Waals surface area contributed by atoms with Crippen molar-refractivity contribution in [3.63, 3.8) is 0 Å². The first-order valence-corrected chi connectivity index (χ1v) is 22.5. The van der Waals surface area contributed by atoms with Crippen LogP contribution in [0.15, 0.2) is 164 Å². The predicted molar refractivity (Wildman–Crippen MR) is 249 cm³/mol. The molecule has 0 aliphatic heterocycles. The molecule has 4 aliphatic rings. The first kappa shape index (κ1) is 36.4. The monoisotopic (exact) mass is 765 g/mol. The molecule has 292 valence electrons. The van der Waals surface area contributed by atoms with Crippen molar-refractivity contribution in [1.29, 1.82) is 0 Å². The fourth-order valence-electron chi connectivity index (χ4n) is 12.1. The van der Waals surface area contributed by atoms with Crippen molar-refractivity contribution in [3.05, 3.63) is 186 Å². The molecule has 2 bridgehead atoms. The molecule has 7 aromatic carbocycles. The van der Waals surface area contributed by atoms with Crippen LogP contribution >= 0.6 is 0 Å². The number of fused-ring (bicyclic) bond motifs is 5. The maximum Gasteiger partial charge on any atom is 0.0540 e. The van der Waals surface area contributed by atoms with Gasteiger partial charge in [-0.3, -0.25) is 0 Å². The number of para-hydroxylation sites is 1. The first-order valence-electron chi connectivity index (χ1n) is 22.5. The second kappa shape index (κ2) is 14.9. The Morgan fingerprint density at radius 2 is 1.14 bits per heavy atom. The maximum absolute atomic E-state index is 2.57. The highest BCUT2D eigenvalue weighted by Gasteiger charge is 2.41. The minimum atomic E-state index is -0.195. The Balaban J connectivity index is 1.02. The lowest BCUT2D eigenvalue weighted by Gasteiger charge is -2.31. The molecule has 1 heteroatoms. The van der Waals surface area contributed by atoms with Gasteiger partial charge in [0.25, 0.3) is 0 Å². The van der Waals surface area contributed by atoms with E-state index in [0.717, 1.165) is 11.8 Å². The van der Waals surface area contributed by atoms with Crippen molar-refractivity contribution >= 4 is 17.1 Å². The first-order chi connectivity index (χ1) is 29.0. The summed E-state index contributed by atoms with van der Waals surface area (Å²) in [6, 6.07) is 62.4. The minimum absolute atomic E-state index is 0.195. The van der Waals surface area contributed by atoms with Crippen molar-refractivity contribution in [2.75, 3.05) is 4.90 Å². The molecule has 0 N–H and O–H groups in total. The largest absolute Gasteiger partial charge is 0.310 e. The Morgan fingerprint density at radius 1 is 0.475 bits per heavy atom. The second-order valence-corrected chi connectivity index (χ2v) is 18.7. The van der Waals surface area contributed by atoms with E-state index in [1.54, 1.807) is 0 Å². The van der Waals surface area contributed by atoms with Gasteiger partial charge in [0, 0.05) is 22.4 Å². The quantitative estimate of drug-likeness (QED) is 0.149. The molecule has 3 atom stereocenters. The van der Waals surface area contributed by atoms with E-state index in [1.807, 2.05) is 0 Å². The molecule has 0 saturated heterocycles. The molecule has 59 heavy (non-hydrogen) atoms. The zero-order chi connectivity index (χ0) is 39.5. The van der Waals surface area contributed by atoms with Gasteiger partial charge in [-0.1, -0.05) is 173 Å². The third-order valence-electron chi connectivity index (χ3n) is 15.0.